The molecule has 5 heteroatoms. The Kier molecular flexibility index (Phi) is 4.77. The summed E-state index contributed by atoms with van der Waals surface area (Å²) in [4.78, 5) is 17.1. The van der Waals surface area contributed by atoms with Crippen LogP contribution in [0.15, 0.2) is 4.99 Å². The molecule has 0 spiro atoms. The molecular formula is C11H17N3O2. The van der Waals surface area contributed by atoms with Gasteiger partial charge in [0.1, 0.15) is 5.84 Å². The van der Waals surface area contributed by atoms with Crippen molar-refractivity contribution in [2.75, 3.05) is 13.7 Å². The van der Waals surface area contributed by atoms with Crippen LogP contribution in [0.25, 0.3) is 0 Å². The molecule has 0 N–H and O–H groups in total. The van der Waals surface area contributed by atoms with E-state index in [-0.39, 0.29) is 12.0 Å². The van der Waals surface area contributed by atoms with Gasteiger partial charge in [-0.25, -0.2) is 0 Å². The molecule has 0 amide bonds. The zero-order chi connectivity index (χ0) is 12.0. The first-order chi connectivity index (χ1) is 7.72. The van der Waals surface area contributed by atoms with Crippen molar-refractivity contribution in [3.05, 3.63) is 0 Å². The second-order valence-electron chi connectivity index (χ2n) is 3.79. The smallest absolute Gasteiger partial charge is 0.307 e. The summed E-state index contributed by atoms with van der Waals surface area (Å²) in [7, 11) is 1.39. The lowest BCUT2D eigenvalue weighted by Crippen LogP contribution is -2.35. The van der Waals surface area contributed by atoms with Crippen molar-refractivity contribution in [2.45, 2.75) is 38.6 Å². The van der Waals surface area contributed by atoms with Gasteiger partial charge in [-0.15, -0.1) is 0 Å². The second-order valence-corrected chi connectivity index (χ2v) is 3.79. The standard InChI is InChI=1S/C11H17N3O2/c1-3-6-14-9(7-11(15)16-2)4-5-10(14)13-8-12/h9H,3-7H2,1-2H3/t9-/m0/s1. The second kappa shape index (κ2) is 6.11. The Morgan fingerprint density at radius 3 is 3.06 bits per heavy atom. The first-order valence-corrected chi connectivity index (χ1v) is 5.52. The fourth-order valence-corrected chi connectivity index (χ4v) is 2.02. The highest BCUT2D eigenvalue weighted by Crippen LogP contribution is 2.23. The number of methoxy groups -OCH3 is 1. The van der Waals surface area contributed by atoms with E-state index < -0.39 is 0 Å². The molecule has 16 heavy (non-hydrogen) atoms. The number of rotatable bonds is 4. The van der Waals surface area contributed by atoms with Crippen LogP contribution in [0, 0.1) is 11.5 Å². The van der Waals surface area contributed by atoms with Crippen molar-refractivity contribution in [3.8, 4) is 6.19 Å². The van der Waals surface area contributed by atoms with Crippen LogP contribution in [0.1, 0.15) is 32.6 Å². The van der Waals surface area contributed by atoms with Crippen molar-refractivity contribution in [2.24, 2.45) is 4.99 Å². The van der Waals surface area contributed by atoms with Gasteiger partial charge in [0.2, 0.25) is 6.19 Å². The van der Waals surface area contributed by atoms with Gasteiger partial charge >= 0.3 is 5.97 Å². The maximum atomic E-state index is 11.2. The lowest BCUT2D eigenvalue weighted by atomic mass is 10.1. The third-order valence-electron chi connectivity index (χ3n) is 2.75. The molecule has 88 valence electrons. The maximum Gasteiger partial charge on any atom is 0.307 e. The first-order valence-electron chi connectivity index (χ1n) is 5.52. The summed E-state index contributed by atoms with van der Waals surface area (Å²) in [5.41, 5.74) is 0. The molecule has 1 rings (SSSR count). The average Bonchev–Trinajstić information content (AvgIpc) is 2.63. The van der Waals surface area contributed by atoms with E-state index in [2.05, 4.69) is 21.6 Å². The van der Waals surface area contributed by atoms with Crippen LogP contribution in [0.5, 0.6) is 0 Å². The molecule has 1 saturated heterocycles. The van der Waals surface area contributed by atoms with Gasteiger partial charge in [0.15, 0.2) is 0 Å². The number of amidine groups is 1. The summed E-state index contributed by atoms with van der Waals surface area (Å²) in [6, 6.07) is 0.138. The number of esters is 1. The predicted molar refractivity (Wildman–Crippen MR) is 59.7 cm³/mol. The summed E-state index contributed by atoms with van der Waals surface area (Å²) in [6.45, 7) is 2.90. The molecule has 0 aromatic carbocycles. The molecule has 0 aromatic heterocycles. The third kappa shape index (κ3) is 2.96. The topological polar surface area (TPSA) is 65.7 Å². The van der Waals surface area contributed by atoms with Gasteiger partial charge in [-0.05, 0) is 12.8 Å². The fraction of sp³-hybridized carbons (Fsp3) is 0.727. The Bertz CT molecular complexity index is 320. The van der Waals surface area contributed by atoms with E-state index >= 15 is 0 Å². The number of nitrogens with zero attached hydrogens (tertiary/aromatic N) is 3. The molecule has 0 saturated carbocycles. The van der Waals surface area contributed by atoms with E-state index in [1.54, 1.807) is 0 Å². The van der Waals surface area contributed by atoms with Gasteiger partial charge < -0.3 is 9.64 Å². The van der Waals surface area contributed by atoms with Crippen LogP contribution in [-0.2, 0) is 9.53 Å². The molecule has 0 unspecified atom stereocenters. The van der Waals surface area contributed by atoms with Gasteiger partial charge in [-0.3, -0.25) is 4.79 Å². The minimum atomic E-state index is -0.204. The number of carbonyl (C=O) groups excluding carboxylic acids is 1. The van der Waals surface area contributed by atoms with E-state index in [0.29, 0.717) is 6.42 Å². The average molecular weight is 223 g/mol. The number of hydrogen-bond acceptors (Lipinski definition) is 4. The molecule has 1 atom stereocenters. The Hall–Kier alpha value is -1.57. The summed E-state index contributed by atoms with van der Waals surface area (Å²) in [5.74, 6) is 0.600. The highest BCUT2D eigenvalue weighted by molar-refractivity contribution is 5.86. The van der Waals surface area contributed by atoms with Crippen LogP contribution in [0.3, 0.4) is 0 Å². The Morgan fingerprint density at radius 2 is 2.50 bits per heavy atom. The number of aliphatic imine (C=N–C) groups is 1. The van der Waals surface area contributed by atoms with Gasteiger partial charge in [-0.2, -0.15) is 10.3 Å². The number of carbonyl (C=O) groups is 1. The van der Waals surface area contributed by atoms with E-state index in [0.717, 1.165) is 31.6 Å². The van der Waals surface area contributed by atoms with Gasteiger partial charge in [-0.1, -0.05) is 6.92 Å². The molecule has 5 nitrogen and oxygen atoms in total. The highest BCUT2D eigenvalue weighted by Gasteiger charge is 2.30. The van der Waals surface area contributed by atoms with Crippen LogP contribution < -0.4 is 0 Å². The van der Waals surface area contributed by atoms with Crippen LogP contribution in [0.2, 0.25) is 0 Å². The Labute approximate surface area is 95.7 Å². The predicted octanol–water partition coefficient (Wildman–Crippen LogP) is 1.30. The summed E-state index contributed by atoms with van der Waals surface area (Å²) in [6.07, 6.45) is 4.81. The molecule has 0 bridgehead atoms. The molecular weight excluding hydrogens is 206 g/mol. The normalized spacial score (nSPS) is 22.2. The van der Waals surface area contributed by atoms with Crippen molar-refractivity contribution in [1.29, 1.82) is 5.26 Å². The number of nitriles is 1. The molecule has 0 radical (unpaired) electrons. The van der Waals surface area contributed by atoms with E-state index in [1.165, 1.54) is 7.11 Å². The van der Waals surface area contributed by atoms with Crippen molar-refractivity contribution in [1.82, 2.24) is 4.90 Å². The Morgan fingerprint density at radius 1 is 1.75 bits per heavy atom. The van der Waals surface area contributed by atoms with Gasteiger partial charge in [0, 0.05) is 19.0 Å². The van der Waals surface area contributed by atoms with Crippen LogP contribution >= 0.6 is 0 Å². The molecule has 0 aromatic rings. The van der Waals surface area contributed by atoms with Crippen molar-refractivity contribution >= 4 is 11.8 Å². The largest absolute Gasteiger partial charge is 0.469 e. The molecule has 1 aliphatic rings. The van der Waals surface area contributed by atoms with E-state index in [4.69, 9.17) is 5.26 Å². The zero-order valence-corrected chi connectivity index (χ0v) is 9.77. The highest BCUT2D eigenvalue weighted by atomic mass is 16.5. The summed E-state index contributed by atoms with van der Waals surface area (Å²) >= 11 is 0. The monoisotopic (exact) mass is 223 g/mol. The van der Waals surface area contributed by atoms with Crippen molar-refractivity contribution < 1.29 is 9.53 Å². The quantitative estimate of drug-likeness (QED) is 0.532. The zero-order valence-electron chi connectivity index (χ0n) is 9.77. The number of hydrogen-bond donors (Lipinski definition) is 0. The van der Waals surface area contributed by atoms with Crippen LogP contribution in [0.4, 0.5) is 0 Å². The van der Waals surface area contributed by atoms with E-state index in [9.17, 15) is 4.79 Å². The maximum absolute atomic E-state index is 11.2. The molecule has 1 aliphatic heterocycles. The van der Waals surface area contributed by atoms with Crippen molar-refractivity contribution in [3.63, 3.8) is 0 Å². The van der Waals surface area contributed by atoms with E-state index in [1.807, 2.05) is 6.19 Å². The lowest BCUT2D eigenvalue weighted by Gasteiger charge is -2.25. The Balaban J connectivity index is 2.68. The summed E-state index contributed by atoms with van der Waals surface area (Å²) in [5, 5.41) is 8.57. The van der Waals surface area contributed by atoms with Crippen LogP contribution in [-0.4, -0.2) is 36.4 Å². The summed E-state index contributed by atoms with van der Waals surface area (Å²) < 4.78 is 4.66. The molecule has 1 heterocycles. The molecule has 1 fully saturated rings. The van der Waals surface area contributed by atoms with Gasteiger partial charge in [0.05, 0.1) is 13.5 Å². The lowest BCUT2D eigenvalue weighted by molar-refractivity contribution is -0.141. The third-order valence-corrected chi connectivity index (χ3v) is 2.75. The first kappa shape index (κ1) is 12.5. The number of ether oxygens (including phenoxy) is 1. The minimum Gasteiger partial charge on any atom is -0.469 e. The van der Waals surface area contributed by atoms with Gasteiger partial charge in [0.25, 0.3) is 0 Å². The fourth-order valence-electron chi connectivity index (χ4n) is 2.02. The molecule has 0 aliphatic carbocycles. The number of likely N-dealkylation sites (tertiary alicyclic amines) is 1. The minimum absolute atomic E-state index is 0.138. The SMILES string of the molecule is CCCN1C(=NC#N)CC[C@H]1CC(=O)OC.